The predicted octanol–water partition coefficient (Wildman–Crippen LogP) is 2.89. The largest absolute Gasteiger partial charge is 0.360 e. The lowest BCUT2D eigenvalue weighted by Crippen LogP contribution is -2.39. The molecular weight excluding hydrogens is 160 g/mol. The van der Waals surface area contributed by atoms with Crippen LogP contribution in [0.15, 0.2) is 0 Å². The van der Waals surface area contributed by atoms with E-state index in [0.29, 0.717) is 0 Å². The van der Waals surface area contributed by atoms with Crippen LogP contribution >= 0.6 is 0 Å². The van der Waals surface area contributed by atoms with E-state index in [2.05, 4.69) is 18.7 Å². The molecule has 76 valence electrons. The molecule has 0 bridgehead atoms. The summed E-state index contributed by atoms with van der Waals surface area (Å²) < 4.78 is 0. The second-order valence-corrected chi connectivity index (χ2v) is 4.06. The fourth-order valence-electron chi connectivity index (χ4n) is 2.04. The Morgan fingerprint density at radius 2 is 2.23 bits per heavy atom. The van der Waals surface area contributed by atoms with Crippen LogP contribution in [-0.4, -0.2) is 23.8 Å². The van der Waals surface area contributed by atoms with Crippen molar-refractivity contribution in [2.75, 3.05) is 13.1 Å². The minimum absolute atomic E-state index is 0.839. The van der Waals surface area contributed by atoms with E-state index in [-0.39, 0.29) is 0 Å². The van der Waals surface area contributed by atoms with Gasteiger partial charge in [-0.05, 0) is 25.2 Å². The normalized spacial score (nSPS) is 23.2. The molecule has 1 atom stereocenters. The van der Waals surface area contributed by atoms with Crippen molar-refractivity contribution < 1.29 is 0 Å². The molecule has 0 aromatic heterocycles. The summed E-state index contributed by atoms with van der Waals surface area (Å²) >= 11 is 0. The second kappa shape index (κ2) is 5.25. The van der Waals surface area contributed by atoms with Gasteiger partial charge >= 0.3 is 0 Å². The summed E-state index contributed by atoms with van der Waals surface area (Å²) in [7, 11) is 0. The number of hydrogen-bond acceptors (Lipinski definition) is 1. The van der Waals surface area contributed by atoms with Crippen LogP contribution in [0.1, 0.15) is 46.0 Å². The molecule has 0 spiro atoms. The molecule has 2 nitrogen and oxygen atoms in total. The van der Waals surface area contributed by atoms with Crippen LogP contribution in [0.5, 0.6) is 0 Å². The van der Waals surface area contributed by atoms with Crippen LogP contribution in [0.3, 0.4) is 0 Å². The smallest absolute Gasteiger partial charge is 0.0957 e. The topological polar surface area (TPSA) is 27.1 Å². The maximum atomic E-state index is 7.87. The lowest BCUT2D eigenvalue weighted by atomic mass is 9.95. The maximum absolute atomic E-state index is 7.87. The number of rotatable bonds is 3. The third-order valence-corrected chi connectivity index (χ3v) is 2.96. The lowest BCUT2D eigenvalue weighted by molar-refractivity contribution is 0.248. The van der Waals surface area contributed by atoms with Crippen LogP contribution in [-0.2, 0) is 0 Å². The van der Waals surface area contributed by atoms with Crippen LogP contribution in [0, 0.1) is 11.3 Å². The Kier molecular flexibility index (Phi) is 4.26. The highest BCUT2D eigenvalue weighted by Gasteiger charge is 2.19. The fraction of sp³-hybridized carbons (Fsp3) is 0.909. The highest BCUT2D eigenvalue weighted by molar-refractivity contribution is 5.79. The lowest BCUT2D eigenvalue weighted by Gasteiger charge is -2.34. The quantitative estimate of drug-likeness (QED) is 0.527. The summed E-state index contributed by atoms with van der Waals surface area (Å²) in [5.74, 6) is 1.70. The summed E-state index contributed by atoms with van der Waals surface area (Å²) in [5, 5.41) is 7.87. The minimum atomic E-state index is 0.839. The van der Waals surface area contributed by atoms with Gasteiger partial charge in [0.2, 0.25) is 0 Å². The van der Waals surface area contributed by atoms with Gasteiger partial charge in [0.05, 0.1) is 5.84 Å². The average molecular weight is 182 g/mol. The van der Waals surface area contributed by atoms with Gasteiger partial charge in [0.1, 0.15) is 0 Å². The Morgan fingerprint density at radius 3 is 2.85 bits per heavy atom. The Morgan fingerprint density at radius 1 is 1.46 bits per heavy atom. The molecule has 1 heterocycles. The SMILES string of the molecule is CCCC(=N)N1CCCC(CC)C1. The first-order valence-electron chi connectivity index (χ1n) is 5.60. The maximum Gasteiger partial charge on any atom is 0.0957 e. The number of amidine groups is 1. The summed E-state index contributed by atoms with van der Waals surface area (Å²) in [6.45, 7) is 6.66. The molecule has 1 unspecified atom stereocenters. The third kappa shape index (κ3) is 3.02. The molecule has 0 aromatic carbocycles. The van der Waals surface area contributed by atoms with Crippen LogP contribution in [0.2, 0.25) is 0 Å². The molecule has 1 saturated heterocycles. The van der Waals surface area contributed by atoms with Gasteiger partial charge in [0.25, 0.3) is 0 Å². The number of nitrogens with one attached hydrogen (secondary N) is 1. The minimum Gasteiger partial charge on any atom is -0.360 e. The Labute approximate surface area is 81.8 Å². The van der Waals surface area contributed by atoms with Crippen molar-refractivity contribution in [2.45, 2.75) is 46.0 Å². The molecule has 1 aliphatic rings. The molecule has 0 aliphatic carbocycles. The fourth-order valence-corrected chi connectivity index (χ4v) is 2.04. The van der Waals surface area contributed by atoms with Gasteiger partial charge in [-0.15, -0.1) is 0 Å². The standard InChI is InChI=1S/C11H22N2/c1-3-6-11(12)13-8-5-7-10(4-2)9-13/h10,12H,3-9H2,1-2H3. The van der Waals surface area contributed by atoms with Gasteiger partial charge in [-0.3, -0.25) is 5.41 Å². The number of hydrogen-bond donors (Lipinski definition) is 1. The molecule has 1 fully saturated rings. The molecule has 0 aromatic rings. The first-order chi connectivity index (χ1) is 6.27. The summed E-state index contributed by atoms with van der Waals surface area (Å²) in [6.07, 6.45) is 5.98. The van der Waals surface area contributed by atoms with E-state index in [0.717, 1.165) is 37.7 Å². The molecule has 13 heavy (non-hydrogen) atoms. The van der Waals surface area contributed by atoms with Crippen molar-refractivity contribution in [3.8, 4) is 0 Å². The van der Waals surface area contributed by atoms with E-state index in [1.54, 1.807) is 0 Å². The molecule has 1 aliphatic heterocycles. The van der Waals surface area contributed by atoms with Crippen molar-refractivity contribution in [1.29, 1.82) is 5.41 Å². The van der Waals surface area contributed by atoms with Crippen molar-refractivity contribution in [1.82, 2.24) is 4.90 Å². The van der Waals surface area contributed by atoms with Crippen molar-refractivity contribution >= 4 is 5.84 Å². The third-order valence-electron chi connectivity index (χ3n) is 2.96. The van der Waals surface area contributed by atoms with Crippen LogP contribution in [0.25, 0.3) is 0 Å². The Bertz CT molecular complexity index is 165. The first-order valence-corrected chi connectivity index (χ1v) is 5.60. The number of likely N-dealkylation sites (tertiary alicyclic amines) is 1. The van der Waals surface area contributed by atoms with Gasteiger partial charge in [-0.2, -0.15) is 0 Å². The molecule has 0 amide bonds. The van der Waals surface area contributed by atoms with Gasteiger partial charge in [0.15, 0.2) is 0 Å². The van der Waals surface area contributed by atoms with Gasteiger partial charge in [-0.25, -0.2) is 0 Å². The monoisotopic (exact) mass is 182 g/mol. The van der Waals surface area contributed by atoms with Crippen LogP contribution in [0.4, 0.5) is 0 Å². The molecule has 1 N–H and O–H groups in total. The van der Waals surface area contributed by atoms with Gasteiger partial charge in [0, 0.05) is 19.5 Å². The average Bonchev–Trinajstić information content (AvgIpc) is 2.18. The zero-order valence-electron chi connectivity index (χ0n) is 8.97. The predicted molar refractivity (Wildman–Crippen MR) is 57.2 cm³/mol. The van der Waals surface area contributed by atoms with Crippen LogP contribution < -0.4 is 0 Å². The van der Waals surface area contributed by atoms with E-state index in [4.69, 9.17) is 5.41 Å². The zero-order chi connectivity index (χ0) is 9.68. The highest BCUT2D eigenvalue weighted by atomic mass is 15.2. The summed E-state index contributed by atoms with van der Waals surface area (Å²) in [4.78, 5) is 2.28. The number of nitrogens with zero attached hydrogens (tertiary/aromatic N) is 1. The first kappa shape index (κ1) is 10.6. The Balaban J connectivity index is 2.37. The van der Waals surface area contributed by atoms with E-state index >= 15 is 0 Å². The molecule has 0 saturated carbocycles. The van der Waals surface area contributed by atoms with E-state index < -0.39 is 0 Å². The molecule has 1 rings (SSSR count). The van der Waals surface area contributed by atoms with Gasteiger partial charge < -0.3 is 4.90 Å². The molecular formula is C11H22N2. The molecule has 2 heteroatoms. The van der Waals surface area contributed by atoms with Crippen molar-refractivity contribution in [3.63, 3.8) is 0 Å². The summed E-state index contributed by atoms with van der Waals surface area (Å²) in [6, 6.07) is 0. The zero-order valence-corrected chi connectivity index (χ0v) is 8.97. The highest BCUT2D eigenvalue weighted by Crippen LogP contribution is 2.19. The second-order valence-electron chi connectivity index (χ2n) is 4.06. The van der Waals surface area contributed by atoms with Crippen molar-refractivity contribution in [2.24, 2.45) is 5.92 Å². The Hall–Kier alpha value is -0.530. The summed E-state index contributed by atoms with van der Waals surface area (Å²) in [5.41, 5.74) is 0. The van der Waals surface area contributed by atoms with Crippen molar-refractivity contribution in [3.05, 3.63) is 0 Å². The number of piperidine rings is 1. The molecule has 0 radical (unpaired) electrons. The van der Waals surface area contributed by atoms with Gasteiger partial charge in [-0.1, -0.05) is 20.3 Å². The van der Waals surface area contributed by atoms with E-state index in [1.165, 1.54) is 19.3 Å². The van der Waals surface area contributed by atoms with E-state index in [9.17, 15) is 0 Å². The van der Waals surface area contributed by atoms with E-state index in [1.807, 2.05) is 0 Å².